The lowest BCUT2D eigenvalue weighted by atomic mass is 10.2. The van der Waals surface area contributed by atoms with E-state index in [1.807, 2.05) is 24.3 Å². The predicted octanol–water partition coefficient (Wildman–Crippen LogP) is 4.06. The van der Waals surface area contributed by atoms with Gasteiger partial charge in [0.2, 0.25) is 0 Å². The topological polar surface area (TPSA) is 21.3 Å². The van der Waals surface area contributed by atoms with Crippen molar-refractivity contribution in [2.75, 3.05) is 19.1 Å². The van der Waals surface area contributed by atoms with Gasteiger partial charge in [0.25, 0.3) is 0 Å². The molecule has 0 saturated carbocycles. The summed E-state index contributed by atoms with van der Waals surface area (Å²) in [6, 6.07) is 7.73. The molecule has 0 amide bonds. The second-order valence-electron chi connectivity index (χ2n) is 4.90. The lowest BCUT2D eigenvalue weighted by molar-refractivity contribution is -0.168. The van der Waals surface area contributed by atoms with Gasteiger partial charge in [-0.2, -0.15) is 13.2 Å². The van der Waals surface area contributed by atoms with Gasteiger partial charge in [0, 0.05) is 11.4 Å². The van der Waals surface area contributed by atoms with Crippen molar-refractivity contribution in [3.8, 4) is 0 Å². The van der Waals surface area contributed by atoms with Crippen LogP contribution in [-0.2, 0) is 11.3 Å². The fourth-order valence-corrected chi connectivity index (χ4v) is 2.23. The fraction of sp³-hybridized carbons (Fsp3) is 0.571. The van der Waals surface area contributed by atoms with E-state index in [2.05, 4.69) is 23.9 Å². The molecule has 0 aliphatic heterocycles. The monoisotopic (exact) mass is 307 g/mol. The van der Waals surface area contributed by atoms with Crippen LogP contribution in [0.5, 0.6) is 0 Å². The third kappa shape index (κ3) is 8.45. The molecule has 0 heterocycles. The second-order valence-corrected chi connectivity index (χ2v) is 5.89. The highest BCUT2D eigenvalue weighted by atomic mass is 32.2. The quantitative estimate of drug-likeness (QED) is 0.444. The Bertz CT molecular complexity index is 396. The van der Waals surface area contributed by atoms with Crippen molar-refractivity contribution < 1.29 is 17.9 Å². The van der Waals surface area contributed by atoms with Gasteiger partial charge in [0.05, 0.1) is 5.94 Å². The zero-order chi connectivity index (χ0) is 15.0. The van der Waals surface area contributed by atoms with E-state index in [9.17, 15) is 13.2 Å². The molecular weight excluding hydrogens is 287 g/mol. The first kappa shape index (κ1) is 17.3. The average molecular weight is 307 g/mol. The number of nitrogens with one attached hydrogen (secondary N) is 1. The lowest BCUT2D eigenvalue weighted by Gasteiger charge is -2.09. The van der Waals surface area contributed by atoms with Crippen LogP contribution in [0.15, 0.2) is 29.2 Å². The molecular formula is C14H20F3NOS. The number of benzene rings is 1. The van der Waals surface area contributed by atoms with Gasteiger partial charge in [-0.3, -0.25) is 0 Å². The predicted molar refractivity (Wildman–Crippen MR) is 75.7 cm³/mol. The van der Waals surface area contributed by atoms with E-state index in [1.54, 1.807) is 0 Å². The van der Waals surface area contributed by atoms with Crippen LogP contribution in [0.2, 0.25) is 0 Å². The number of rotatable bonds is 8. The number of hydrogen-bond acceptors (Lipinski definition) is 3. The molecule has 0 spiro atoms. The number of hydrogen-bond donors (Lipinski definition) is 1. The summed E-state index contributed by atoms with van der Waals surface area (Å²) in [6.07, 6.45) is -4.26. The first-order valence-corrected chi connectivity index (χ1v) is 7.42. The Morgan fingerprint density at radius 2 is 2.05 bits per heavy atom. The molecule has 0 atom stereocenters. The normalized spacial score (nSPS) is 12.1. The SMILES string of the molecule is CC(C)CNCc1cccc(SCOCC(F)(F)F)c1. The summed E-state index contributed by atoms with van der Waals surface area (Å²) in [7, 11) is 0. The van der Waals surface area contributed by atoms with Gasteiger partial charge in [-0.05, 0) is 30.2 Å². The molecule has 0 fully saturated rings. The van der Waals surface area contributed by atoms with Gasteiger partial charge in [-0.1, -0.05) is 37.7 Å². The van der Waals surface area contributed by atoms with Crippen LogP contribution in [0.4, 0.5) is 13.2 Å². The summed E-state index contributed by atoms with van der Waals surface area (Å²) in [5.74, 6) is 0.589. The van der Waals surface area contributed by atoms with Crippen LogP contribution < -0.4 is 5.32 Å². The maximum Gasteiger partial charge on any atom is 0.411 e. The number of ether oxygens (including phenoxy) is 1. The van der Waals surface area contributed by atoms with Crippen molar-refractivity contribution in [3.05, 3.63) is 29.8 Å². The maximum atomic E-state index is 11.9. The van der Waals surface area contributed by atoms with E-state index in [0.29, 0.717) is 5.92 Å². The van der Waals surface area contributed by atoms with E-state index < -0.39 is 12.8 Å². The molecule has 1 rings (SSSR count). The third-order valence-corrected chi connectivity index (χ3v) is 3.23. The highest BCUT2D eigenvalue weighted by Gasteiger charge is 2.27. The van der Waals surface area contributed by atoms with Crippen molar-refractivity contribution in [1.29, 1.82) is 0 Å². The van der Waals surface area contributed by atoms with Crippen LogP contribution in [0, 0.1) is 5.92 Å². The van der Waals surface area contributed by atoms with Crippen molar-refractivity contribution in [3.63, 3.8) is 0 Å². The van der Waals surface area contributed by atoms with E-state index in [4.69, 9.17) is 0 Å². The molecule has 0 bridgehead atoms. The van der Waals surface area contributed by atoms with Crippen molar-refractivity contribution in [2.45, 2.75) is 31.5 Å². The van der Waals surface area contributed by atoms with Crippen LogP contribution in [0.3, 0.4) is 0 Å². The number of thioether (sulfide) groups is 1. The Morgan fingerprint density at radius 3 is 2.70 bits per heavy atom. The molecule has 0 saturated heterocycles. The molecule has 0 radical (unpaired) electrons. The third-order valence-electron chi connectivity index (χ3n) is 2.35. The van der Waals surface area contributed by atoms with Gasteiger partial charge in [-0.25, -0.2) is 0 Å². The summed E-state index contributed by atoms with van der Waals surface area (Å²) in [6.45, 7) is 4.77. The summed E-state index contributed by atoms with van der Waals surface area (Å²) in [5, 5.41) is 3.33. The fourth-order valence-electron chi connectivity index (χ4n) is 1.52. The minimum absolute atomic E-state index is 0.00237. The highest BCUT2D eigenvalue weighted by Crippen LogP contribution is 2.21. The van der Waals surface area contributed by atoms with Gasteiger partial charge in [0.1, 0.15) is 6.61 Å². The van der Waals surface area contributed by atoms with Crippen molar-refractivity contribution >= 4 is 11.8 Å². The average Bonchev–Trinajstić information content (AvgIpc) is 2.34. The van der Waals surface area contributed by atoms with E-state index in [0.717, 1.165) is 23.5 Å². The Morgan fingerprint density at radius 1 is 1.30 bits per heavy atom. The minimum Gasteiger partial charge on any atom is -0.361 e. The zero-order valence-electron chi connectivity index (χ0n) is 11.7. The Labute approximate surface area is 122 Å². The Balaban J connectivity index is 2.32. The Kier molecular flexibility index (Phi) is 7.40. The van der Waals surface area contributed by atoms with E-state index >= 15 is 0 Å². The van der Waals surface area contributed by atoms with Crippen molar-refractivity contribution in [2.24, 2.45) is 5.92 Å². The van der Waals surface area contributed by atoms with Crippen LogP contribution in [-0.4, -0.2) is 25.3 Å². The molecule has 0 aliphatic rings. The summed E-state index contributed by atoms with van der Waals surface area (Å²) in [4.78, 5) is 0.913. The number of halogens is 3. The summed E-state index contributed by atoms with van der Waals surface area (Å²) < 4.78 is 40.3. The molecule has 0 unspecified atom stereocenters. The molecule has 0 aliphatic carbocycles. The molecule has 0 aromatic heterocycles. The van der Waals surface area contributed by atoms with Gasteiger partial charge >= 0.3 is 6.18 Å². The molecule has 2 nitrogen and oxygen atoms in total. The summed E-state index contributed by atoms with van der Waals surface area (Å²) >= 11 is 1.27. The molecule has 1 N–H and O–H groups in total. The van der Waals surface area contributed by atoms with Gasteiger partial charge in [0.15, 0.2) is 0 Å². The molecule has 6 heteroatoms. The van der Waals surface area contributed by atoms with Crippen LogP contribution >= 0.6 is 11.8 Å². The summed E-state index contributed by atoms with van der Waals surface area (Å²) in [5.41, 5.74) is 1.12. The maximum absolute atomic E-state index is 11.9. The molecule has 1 aromatic carbocycles. The lowest BCUT2D eigenvalue weighted by Crippen LogP contribution is -2.18. The molecule has 20 heavy (non-hydrogen) atoms. The van der Waals surface area contributed by atoms with E-state index in [-0.39, 0.29) is 5.94 Å². The first-order chi connectivity index (χ1) is 9.37. The van der Waals surface area contributed by atoms with Crippen LogP contribution in [0.25, 0.3) is 0 Å². The Hall–Kier alpha value is -0.720. The minimum atomic E-state index is -4.26. The second kappa shape index (κ2) is 8.54. The van der Waals surface area contributed by atoms with Crippen molar-refractivity contribution in [1.82, 2.24) is 5.32 Å². The standard InChI is InChI=1S/C14H20F3NOS/c1-11(2)7-18-8-12-4-3-5-13(6-12)20-10-19-9-14(15,16)17/h3-6,11,18H,7-10H2,1-2H3. The van der Waals surface area contributed by atoms with E-state index in [1.165, 1.54) is 11.8 Å². The molecule has 1 aromatic rings. The number of alkyl halides is 3. The largest absolute Gasteiger partial charge is 0.411 e. The molecule has 114 valence electrons. The van der Waals surface area contributed by atoms with Crippen LogP contribution in [0.1, 0.15) is 19.4 Å². The first-order valence-electron chi connectivity index (χ1n) is 6.44. The van der Waals surface area contributed by atoms with Gasteiger partial charge < -0.3 is 10.1 Å². The highest BCUT2D eigenvalue weighted by molar-refractivity contribution is 7.99. The zero-order valence-corrected chi connectivity index (χ0v) is 12.5. The van der Waals surface area contributed by atoms with Gasteiger partial charge in [-0.15, -0.1) is 0 Å². The smallest absolute Gasteiger partial charge is 0.361 e.